The fourth-order valence-corrected chi connectivity index (χ4v) is 1.11. The van der Waals surface area contributed by atoms with E-state index < -0.39 is 5.82 Å². The van der Waals surface area contributed by atoms with E-state index in [4.69, 9.17) is 23.2 Å². The molecule has 2 nitrogen and oxygen atoms in total. The van der Waals surface area contributed by atoms with Crippen LogP contribution in [0.5, 0.6) is 0 Å². The first-order valence-electron chi connectivity index (χ1n) is 3.90. The summed E-state index contributed by atoms with van der Waals surface area (Å²) in [5.74, 6) is -0.887. The van der Waals surface area contributed by atoms with Crippen molar-refractivity contribution in [1.29, 1.82) is 0 Å². The summed E-state index contributed by atoms with van der Waals surface area (Å²) < 4.78 is 12.9. The van der Waals surface area contributed by atoms with Gasteiger partial charge in [0.1, 0.15) is 11.7 Å². The fraction of sp³-hybridized carbons (Fsp3) is 0.222. The van der Waals surface area contributed by atoms with Crippen molar-refractivity contribution in [1.82, 2.24) is 5.32 Å². The first-order valence-corrected chi connectivity index (χ1v) is 4.81. The zero-order valence-electron chi connectivity index (χ0n) is 7.19. The molecule has 0 atom stereocenters. The maximum atomic E-state index is 12.9. The second kappa shape index (κ2) is 5.17. The third-order valence-corrected chi connectivity index (χ3v) is 2.14. The number of amides is 1. The minimum absolute atomic E-state index is 0.0671. The summed E-state index contributed by atoms with van der Waals surface area (Å²) in [6.45, 7) is 0.250. The normalized spacial score (nSPS) is 9.93. The van der Waals surface area contributed by atoms with Crippen LogP contribution in [0.1, 0.15) is 5.56 Å². The average Bonchev–Trinajstić information content (AvgIpc) is 2.19. The van der Waals surface area contributed by atoms with E-state index in [-0.39, 0.29) is 23.4 Å². The summed E-state index contributed by atoms with van der Waals surface area (Å²) >= 11 is 10.8. The molecule has 0 heterocycles. The molecule has 0 bridgehead atoms. The Kier molecular flexibility index (Phi) is 4.17. The van der Waals surface area contributed by atoms with E-state index in [1.165, 1.54) is 12.1 Å². The number of hydrogen-bond acceptors (Lipinski definition) is 1. The van der Waals surface area contributed by atoms with Gasteiger partial charge in [0.05, 0.1) is 5.02 Å². The summed E-state index contributed by atoms with van der Waals surface area (Å²) in [4.78, 5) is 10.8. The van der Waals surface area contributed by atoms with E-state index in [0.717, 1.165) is 0 Å². The minimum atomic E-state index is -0.496. The third-order valence-electron chi connectivity index (χ3n) is 1.60. The van der Waals surface area contributed by atoms with Gasteiger partial charge in [-0.3, -0.25) is 4.79 Å². The van der Waals surface area contributed by atoms with Crippen molar-refractivity contribution in [3.05, 3.63) is 34.6 Å². The quantitative estimate of drug-likeness (QED) is 0.801. The van der Waals surface area contributed by atoms with Crippen LogP contribution in [-0.2, 0) is 11.3 Å². The summed E-state index contributed by atoms with van der Waals surface area (Å²) in [6, 6.07) is 4.36. The predicted molar refractivity (Wildman–Crippen MR) is 54.0 cm³/mol. The van der Waals surface area contributed by atoms with Crippen molar-refractivity contribution >= 4 is 29.1 Å². The Hall–Kier alpha value is -0.800. The van der Waals surface area contributed by atoms with Crippen LogP contribution in [0.2, 0.25) is 5.02 Å². The molecule has 0 radical (unpaired) electrons. The molecule has 1 aromatic rings. The maximum absolute atomic E-state index is 12.9. The first-order chi connectivity index (χ1) is 6.63. The van der Waals surface area contributed by atoms with Gasteiger partial charge in [0, 0.05) is 6.54 Å². The lowest BCUT2D eigenvalue weighted by molar-refractivity contribution is -0.118. The molecule has 0 unspecified atom stereocenters. The highest BCUT2D eigenvalue weighted by Crippen LogP contribution is 2.15. The topological polar surface area (TPSA) is 29.1 Å². The van der Waals surface area contributed by atoms with Crippen LogP contribution in [0.3, 0.4) is 0 Å². The monoisotopic (exact) mass is 235 g/mol. The molecular formula is C9H8Cl2FNO. The SMILES string of the molecule is O=C(CCl)NCc1ccc(Cl)c(F)c1. The van der Waals surface area contributed by atoms with E-state index in [2.05, 4.69) is 5.32 Å². The molecule has 0 aliphatic rings. The summed E-state index contributed by atoms with van der Waals surface area (Å²) in [7, 11) is 0. The van der Waals surface area contributed by atoms with Gasteiger partial charge in [0.2, 0.25) is 5.91 Å². The van der Waals surface area contributed by atoms with Crippen LogP contribution < -0.4 is 5.32 Å². The van der Waals surface area contributed by atoms with Crippen molar-refractivity contribution in [3.63, 3.8) is 0 Å². The summed E-state index contributed by atoms with van der Waals surface area (Å²) in [5.41, 5.74) is 0.644. The molecule has 76 valence electrons. The lowest BCUT2D eigenvalue weighted by Gasteiger charge is -2.03. The van der Waals surface area contributed by atoms with Gasteiger partial charge in [-0.05, 0) is 17.7 Å². The van der Waals surface area contributed by atoms with Gasteiger partial charge in [0.15, 0.2) is 0 Å². The van der Waals surface area contributed by atoms with E-state index in [0.29, 0.717) is 5.56 Å². The Morgan fingerprint density at radius 2 is 2.21 bits per heavy atom. The number of rotatable bonds is 3. The molecule has 0 spiro atoms. The highest BCUT2D eigenvalue weighted by molar-refractivity contribution is 6.30. The van der Waals surface area contributed by atoms with E-state index in [9.17, 15) is 9.18 Å². The van der Waals surface area contributed by atoms with Gasteiger partial charge in [-0.25, -0.2) is 4.39 Å². The molecule has 0 aliphatic heterocycles. The lowest BCUT2D eigenvalue weighted by Crippen LogP contribution is -2.23. The largest absolute Gasteiger partial charge is 0.351 e. The number of carbonyl (C=O) groups is 1. The van der Waals surface area contributed by atoms with Crippen LogP contribution in [0.4, 0.5) is 4.39 Å². The van der Waals surface area contributed by atoms with Gasteiger partial charge in [-0.1, -0.05) is 17.7 Å². The number of benzene rings is 1. The molecule has 1 N–H and O–H groups in total. The molecular weight excluding hydrogens is 228 g/mol. The zero-order valence-corrected chi connectivity index (χ0v) is 8.70. The van der Waals surface area contributed by atoms with Gasteiger partial charge in [-0.15, -0.1) is 11.6 Å². The molecule has 0 aliphatic carbocycles. The molecule has 1 amide bonds. The average molecular weight is 236 g/mol. The molecule has 0 fully saturated rings. The van der Waals surface area contributed by atoms with Crippen molar-refractivity contribution in [3.8, 4) is 0 Å². The fourth-order valence-electron chi connectivity index (χ4n) is 0.897. The third kappa shape index (κ3) is 3.16. The number of hydrogen-bond donors (Lipinski definition) is 1. The molecule has 5 heteroatoms. The molecule has 14 heavy (non-hydrogen) atoms. The Balaban J connectivity index is 2.60. The smallest absolute Gasteiger partial charge is 0.235 e. The Bertz CT molecular complexity index is 344. The minimum Gasteiger partial charge on any atom is -0.351 e. The van der Waals surface area contributed by atoms with Gasteiger partial charge < -0.3 is 5.32 Å². The molecule has 1 rings (SSSR count). The second-order valence-corrected chi connectivity index (χ2v) is 3.33. The van der Waals surface area contributed by atoms with Crippen molar-refractivity contribution in [2.24, 2.45) is 0 Å². The predicted octanol–water partition coefficient (Wildman–Crippen LogP) is 2.33. The van der Waals surface area contributed by atoms with Crippen LogP contribution in [0, 0.1) is 5.82 Å². The Morgan fingerprint density at radius 1 is 1.50 bits per heavy atom. The summed E-state index contributed by atoms with van der Waals surface area (Å²) in [5, 5.41) is 2.58. The number of alkyl halides is 1. The van der Waals surface area contributed by atoms with Crippen molar-refractivity contribution in [2.75, 3.05) is 5.88 Å². The molecule has 0 aromatic heterocycles. The highest BCUT2D eigenvalue weighted by Gasteiger charge is 2.02. The molecule has 0 saturated carbocycles. The van der Waals surface area contributed by atoms with E-state index >= 15 is 0 Å². The van der Waals surface area contributed by atoms with Crippen molar-refractivity contribution < 1.29 is 9.18 Å². The Morgan fingerprint density at radius 3 is 2.79 bits per heavy atom. The van der Waals surface area contributed by atoms with Gasteiger partial charge >= 0.3 is 0 Å². The van der Waals surface area contributed by atoms with Crippen LogP contribution in [0.15, 0.2) is 18.2 Å². The number of nitrogens with one attached hydrogen (secondary N) is 1. The zero-order chi connectivity index (χ0) is 10.6. The first kappa shape index (κ1) is 11.3. The maximum Gasteiger partial charge on any atom is 0.235 e. The molecule has 0 saturated heterocycles. The second-order valence-electron chi connectivity index (χ2n) is 2.66. The lowest BCUT2D eigenvalue weighted by atomic mass is 10.2. The van der Waals surface area contributed by atoms with E-state index in [1.807, 2.05) is 0 Å². The van der Waals surface area contributed by atoms with Gasteiger partial charge in [-0.2, -0.15) is 0 Å². The van der Waals surface area contributed by atoms with Crippen LogP contribution >= 0.6 is 23.2 Å². The standard InChI is InChI=1S/C9H8Cl2FNO/c10-4-9(14)13-5-6-1-2-7(11)8(12)3-6/h1-3H,4-5H2,(H,13,14). The van der Waals surface area contributed by atoms with Crippen LogP contribution in [0.25, 0.3) is 0 Å². The van der Waals surface area contributed by atoms with Gasteiger partial charge in [0.25, 0.3) is 0 Å². The molecule has 1 aromatic carbocycles. The Labute approximate surface area is 91.0 Å². The van der Waals surface area contributed by atoms with E-state index in [1.54, 1.807) is 6.07 Å². The summed E-state index contributed by atoms with van der Waals surface area (Å²) in [6.07, 6.45) is 0. The highest BCUT2D eigenvalue weighted by atomic mass is 35.5. The number of halogens is 3. The van der Waals surface area contributed by atoms with Crippen molar-refractivity contribution in [2.45, 2.75) is 6.54 Å². The van der Waals surface area contributed by atoms with Crippen LogP contribution in [-0.4, -0.2) is 11.8 Å². The number of carbonyl (C=O) groups excluding carboxylic acids is 1.